The van der Waals surface area contributed by atoms with Gasteiger partial charge in [-0.3, -0.25) is 4.79 Å². The van der Waals surface area contributed by atoms with Crippen LogP contribution in [0.5, 0.6) is 0 Å². The van der Waals surface area contributed by atoms with E-state index >= 15 is 0 Å². The zero-order chi connectivity index (χ0) is 21.0. The third kappa shape index (κ3) is 5.45. The summed E-state index contributed by atoms with van der Waals surface area (Å²) >= 11 is 9.21. The summed E-state index contributed by atoms with van der Waals surface area (Å²) in [4.78, 5) is 16.1. The van der Waals surface area contributed by atoms with E-state index in [0.29, 0.717) is 4.47 Å². The molecule has 0 spiro atoms. The topological polar surface area (TPSA) is 93.1 Å². The summed E-state index contributed by atoms with van der Waals surface area (Å²) in [5.74, 6) is -0.451. The van der Waals surface area contributed by atoms with Crippen molar-refractivity contribution in [2.75, 3.05) is 6.54 Å². The van der Waals surface area contributed by atoms with E-state index in [-0.39, 0.29) is 16.0 Å². The smallest absolute Gasteiger partial charge is 0.242 e. The third-order valence-corrected chi connectivity index (χ3v) is 6.56. The maximum Gasteiger partial charge on any atom is 0.242 e. The maximum atomic E-state index is 12.4. The first-order valence-corrected chi connectivity index (χ1v) is 11.2. The van der Waals surface area contributed by atoms with Gasteiger partial charge in [-0.2, -0.15) is 0 Å². The van der Waals surface area contributed by atoms with Gasteiger partial charge >= 0.3 is 0 Å². The van der Waals surface area contributed by atoms with Gasteiger partial charge in [-0.15, -0.1) is 0 Å². The van der Waals surface area contributed by atoms with Crippen LogP contribution in [0, 0.1) is 0 Å². The van der Waals surface area contributed by atoms with E-state index in [9.17, 15) is 13.2 Å². The van der Waals surface area contributed by atoms with E-state index in [0.717, 1.165) is 11.3 Å². The highest BCUT2D eigenvalue weighted by Crippen LogP contribution is 2.25. The molecule has 0 aliphatic carbocycles. The van der Waals surface area contributed by atoms with Crippen LogP contribution in [-0.4, -0.2) is 30.4 Å². The molecule has 0 saturated heterocycles. The molecule has 3 aromatic rings. The van der Waals surface area contributed by atoms with Crippen LogP contribution in [-0.2, 0) is 14.8 Å². The van der Waals surface area contributed by atoms with Gasteiger partial charge in [0, 0.05) is 22.6 Å². The predicted molar refractivity (Wildman–Crippen MR) is 114 cm³/mol. The molecule has 1 aromatic heterocycles. The van der Waals surface area contributed by atoms with Gasteiger partial charge in [-0.25, -0.2) is 18.1 Å². The molecule has 3 rings (SSSR count). The lowest BCUT2D eigenvalue weighted by Crippen LogP contribution is -2.38. The number of amides is 1. The number of imidazole rings is 1. The summed E-state index contributed by atoms with van der Waals surface area (Å²) in [5.41, 5.74) is 1.84. The van der Waals surface area contributed by atoms with Gasteiger partial charge < -0.3 is 9.88 Å². The second-order valence-electron chi connectivity index (χ2n) is 6.25. The number of sulfonamides is 1. The second-order valence-corrected chi connectivity index (χ2v) is 9.31. The predicted octanol–water partition coefficient (Wildman–Crippen LogP) is 3.44. The molecular weight excluding hydrogens is 480 g/mol. The molecule has 0 bridgehead atoms. The van der Waals surface area contributed by atoms with Gasteiger partial charge in [-0.1, -0.05) is 39.7 Å². The Hall–Kier alpha value is -2.20. The molecule has 0 fully saturated rings. The Bertz CT molecular complexity index is 1100. The number of rotatable bonds is 7. The van der Waals surface area contributed by atoms with Crippen LogP contribution in [0.2, 0.25) is 5.02 Å². The molecule has 1 unspecified atom stereocenters. The number of carbonyl (C=O) groups is 1. The molecular formula is C19H18BrClN4O3S. The van der Waals surface area contributed by atoms with Crippen molar-refractivity contribution < 1.29 is 13.2 Å². The second kappa shape index (κ2) is 9.08. The van der Waals surface area contributed by atoms with Gasteiger partial charge in [0.15, 0.2) is 0 Å². The Morgan fingerprint density at radius 1 is 1.24 bits per heavy atom. The van der Waals surface area contributed by atoms with E-state index in [4.69, 9.17) is 11.6 Å². The fourth-order valence-electron chi connectivity index (χ4n) is 2.65. The number of nitrogens with zero attached hydrogens (tertiary/aromatic N) is 2. The molecule has 0 radical (unpaired) electrons. The van der Waals surface area contributed by atoms with E-state index in [1.54, 1.807) is 18.6 Å². The van der Waals surface area contributed by atoms with Gasteiger partial charge in [-0.05, 0) is 42.8 Å². The molecule has 152 valence electrons. The minimum absolute atomic E-state index is 0.0682. The summed E-state index contributed by atoms with van der Waals surface area (Å²) < 4.78 is 29.6. The van der Waals surface area contributed by atoms with Crippen molar-refractivity contribution in [1.29, 1.82) is 0 Å². The monoisotopic (exact) mass is 496 g/mol. The minimum atomic E-state index is -3.91. The van der Waals surface area contributed by atoms with Crippen LogP contribution >= 0.6 is 27.5 Å². The summed E-state index contributed by atoms with van der Waals surface area (Å²) in [5, 5.41) is 2.84. The third-order valence-electron chi connectivity index (χ3n) is 4.18. The van der Waals surface area contributed by atoms with Crippen LogP contribution in [0.4, 0.5) is 0 Å². The van der Waals surface area contributed by atoms with Crippen molar-refractivity contribution in [3.63, 3.8) is 0 Å². The van der Waals surface area contributed by atoms with Gasteiger partial charge in [0.25, 0.3) is 0 Å². The molecule has 0 aliphatic heterocycles. The fraction of sp³-hybridized carbons (Fsp3) is 0.158. The van der Waals surface area contributed by atoms with Crippen LogP contribution in [0.1, 0.15) is 18.5 Å². The summed E-state index contributed by atoms with van der Waals surface area (Å²) in [6.07, 6.45) is 5.23. The van der Waals surface area contributed by atoms with Gasteiger partial charge in [0.1, 0.15) is 4.90 Å². The zero-order valence-corrected chi connectivity index (χ0v) is 18.5. The van der Waals surface area contributed by atoms with Gasteiger partial charge in [0.05, 0.1) is 23.9 Å². The zero-order valence-electron chi connectivity index (χ0n) is 15.3. The summed E-state index contributed by atoms with van der Waals surface area (Å²) in [6, 6.07) is 11.7. The molecule has 0 aliphatic rings. The molecule has 2 aromatic carbocycles. The molecule has 1 heterocycles. The number of hydrogen-bond acceptors (Lipinski definition) is 4. The van der Waals surface area contributed by atoms with Crippen LogP contribution in [0.15, 0.2) is 70.6 Å². The Balaban J connectivity index is 1.58. The fourth-order valence-corrected chi connectivity index (χ4v) is 4.67. The number of carbonyl (C=O) groups excluding carboxylic acids is 1. The van der Waals surface area contributed by atoms with Gasteiger partial charge in [0.2, 0.25) is 15.9 Å². The van der Waals surface area contributed by atoms with Crippen LogP contribution < -0.4 is 10.0 Å². The Morgan fingerprint density at radius 3 is 2.59 bits per heavy atom. The lowest BCUT2D eigenvalue weighted by molar-refractivity contribution is -0.120. The largest absolute Gasteiger partial charge is 0.348 e. The normalized spacial score (nSPS) is 12.5. The Kier molecular flexibility index (Phi) is 6.74. The highest BCUT2D eigenvalue weighted by molar-refractivity contribution is 9.10. The van der Waals surface area contributed by atoms with E-state index in [2.05, 4.69) is 31.0 Å². The SMILES string of the molecule is CC(NC(=O)CNS(=O)(=O)c1ccc(Br)cc1Cl)c1ccc(-n2ccnc2)cc1. The van der Waals surface area contributed by atoms with Crippen LogP contribution in [0.25, 0.3) is 5.69 Å². The first-order chi connectivity index (χ1) is 13.8. The number of halogens is 2. The quantitative estimate of drug-likeness (QED) is 0.523. The maximum absolute atomic E-state index is 12.4. The molecule has 29 heavy (non-hydrogen) atoms. The first kappa shape index (κ1) is 21.5. The van der Waals surface area contributed by atoms with Crippen molar-refractivity contribution in [3.05, 3.63) is 76.2 Å². The standard InChI is InChI=1S/C19H18BrClN4O3S/c1-13(14-2-5-16(6-3-14)25-9-8-22-12-25)24-19(26)11-23-29(27,28)18-7-4-15(20)10-17(18)21/h2-10,12-13,23H,11H2,1H3,(H,24,26). The summed E-state index contributed by atoms with van der Waals surface area (Å²) in [6.45, 7) is 1.43. The van der Waals surface area contributed by atoms with Crippen molar-refractivity contribution >= 4 is 43.5 Å². The number of benzene rings is 2. The number of nitrogens with one attached hydrogen (secondary N) is 2. The average molecular weight is 498 g/mol. The molecule has 7 nitrogen and oxygen atoms in total. The number of aromatic nitrogens is 2. The lowest BCUT2D eigenvalue weighted by atomic mass is 10.1. The minimum Gasteiger partial charge on any atom is -0.348 e. The molecule has 1 amide bonds. The van der Waals surface area contributed by atoms with Crippen molar-refractivity contribution in [2.45, 2.75) is 17.9 Å². The van der Waals surface area contributed by atoms with Crippen molar-refractivity contribution in [1.82, 2.24) is 19.6 Å². The summed E-state index contributed by atoms with van der Waals surface area (Å²) in [7, 11) is -3.91. The van der Waals surface area contributed by atoms with E-state index in [1.165, 1.54) is 12.1 Å². The average Bonchev–Trinajstić information content (AvgIpc) is 3.21. The van der Waals surface area contributed by atoms with Crippen molar-refractivity contribution in [3.8, 4) is 5.69 Å². The molecule has 2 N–H and O–H groups in total. The van der Waals surface area contributed by atoms with Crippen LogP contribution in [0.3, 0.4) is 0 Å². The molecule has 10 heteroatoms. The first-order valence-electron chi connectivity index (χ1n) is 8.58. The lowest BCUT2D eigenvalue weighted by Gasteiger charge is -2.15. The van der Waals surface area contributed by atoms with E-state index < -0.39 is 22.5 Å². The molecule has 1 atom stereocenters. The van der Waals surface area contributed by atoms with E-state index in [1.807, 2.05) is 42.0 Å². The highest BCUT2D eigenvalue weighted by atomic mass is 79.9. The Morgan fingerprint density at radius 2 is 1.97 bits per heavy atom. The highest BCUT2D eigenvalue weighted by Gasteiger charge is 2.19. The van der Waals surface area contributed by atoms with Crippen molar-refractivity contribution in [2.24, 2.45) is 0 Å². The Labute approximate surface area is 182 Å². The number of hydrogen-bond donors (Lipinski definition) is 2. The molecule has 0 saturated carbocycles.